The highest BCUT2D eigenvalue weighted by Crippen LogP contribution is 2.40. The average Bonchev–Trinajstić information content (AvgIpc) is 2.47. The molecule has 0 aliphatic heterocycles. The van der Waals surface area contributed by atoms with Crippen LogP contribution in [0.1, 0.15) is 45.6 Å². The molecule has 0 atom stereocenters. The second kappa shape index (κ2) is 6.66. The van der Waals surface area contributed by atoms with Crippen LogP contribution in [0, 0.1) is 6.92 Å². The van der Waals surface area contributed by atoms with Crippen molar-refractivity contribution in [2.45, 2.75) is 57.2 Å². The van der Waals surface area contributed by atoms with Gasteiger partial charge in [-0.15, -0.1) is 0 Å². The Balaban J connectivity index is 1.88. The summed E-state index contributed by atoms with van der Waals surface area (Å²) in [4.78, 5) is 4.38. The number of halogens is 1. The van der Waals surface area contributed by atoms with Gasteiger partial charge in [0.1, 0.15) is 4.75 Å². The van der Waals surface area contributed by atoms with Crippen LogP contribution in [-0.4, -0.2) is 30.2 Å². The van der Waals surface area contributed by atoms with E-state index in [1.807, 2.05) is 45.9 Å². The standard InChI is InChI=1S/C19H26ClN3O2S/c1-13-6-7-14-15(8-11-21-17(14)16(13)20)22-12-19(9-5-10-19)26(24,25)23-18(2,3)4/h6-8,11,23H,5,9-10,12H2,1-4H3,(H,21,22). The van der Waals surface area contributed by atoms with Crippen molar-refractivity contribution in [2.24, 2.45) is 0 Å². The maximum Gasteiger partial charge on any atom is 0.219 e. The van der Waals surface area contributed by atoms with Gasteiger partial charge >= 0.3 is 0 Å². The number of rotatable bonds is 5. The molecule has 1 aromatic heterocycles. The van der Waals surface area contributed by atoms with Crippen LogP contribution in [0.5, 0.6) is 0 Å². The number of benzene rings is 1. The molecule has 2 aromatic rings. The Morgan fingerprint density at radius 1 is 1.23 bits per heavy atom. The van der Waals surface area contributed by atoms with Crippen LogP contribution in [0.3, 0.4) is 0 Å². The van der Waals surface area contributed by atoms with Crippen molar-refractivity contribution < 1.29 is 8.42 Å². The van der Waals surface area contributed by atoms with Gasteiger partial charge in [0.25, 0.3) is 0 Å². The van der Waals surface area contributed by atoms with Crippen LogP contribution in [0.25, 0.3) is 10.9 Å². The number of aromatic nitrogens is 1. The summed E-state index contributed by atoms with van der Waals surface area (Å²) in [6.07, 6.45) is 3.95. The van der Waals surface area contributed by atoms with Crippen molar-refractivity contribution >= 4 is 38.2 Å². The first-order valence-corrected chi connectivity index (χ1v) is 10.7. The summed E-state index contributed by atoms with van der Waals surface area (Å²) in [5.41, 5.74) is 2.07. The minimum atomic E-state index is -3.44. The lowest BCUT2D eigenvalue weighted by Crippen LogP contribution is -2.58. The molecule has 0 unspecified atom stereocenters. The monoisotopic (exact) mass is 395 g/mol. The molecule has 1 aliphatic rings. The van der Waals surface area contributed by atoms with Gasteiger partial charge in [-0.2, -0.15) is 0 Å². The number of pyridine rings is 1. The topological polar surface area (TPSA) is 71.1 Å². The van der Waals surface area contributed by atoms with E-state index in [1.54, 1.807) is 6.20 Å². The molecule has 1 fully saturated rings. The molecule has 3 rings (SSSR count). The summed E-state index contributed by atoms with van der Waals surface area (Å²) in [6.45, 7) is 7.90. The molecule has 0 amide bonds. The molecule has 142 valence electrons. The van der Waals surface area contributed by atoms with Crippen LogP contribution in [0.15, 0.2) is 24.4 Å². The number of nitrogens with zero attached hydrogens (tertiary/aromatic N) is 1. The zero-order valence-electron chi connectivity index (χ0n) is 15.7. The fraction of sp³-hybridized carbons (Fsp3) is 0.526. The van der Waals surface area contributed by atoms with Gasteiger partial charge in [0.05, 0.1) is 10.5 Å². The lowest BCUT2D eigenvalue weighted by Gasteiger charge is -2.42. The molecule has 5 nitrogen and oxygen atoms in total. The number of aryl methyl sites for hydroxylation is 1. The molecule has 0 spiro atoms. The highest BCUT2D eigenvalue weighted by atomic mass is 35.5. The number of anilines is 1. The number of fused-ring (bicyclic) bond motifs is 1. The van der Waals surface area contributed by atoms with E-state index in [0.29, 0.717) is 24.4 Å². The predicted molar refractivity (Wildman–Crippen MR) is 108 cm³/mol. The number of nitrogens with one attached hydrogen (secondary N) is 2. The van der Waals surface area contributed by atoms with Gasteiger partial charge in [-0.3, -0.25) is 4.98 Å². The largest absolute Gasteiger partial charge is 0.383 e. The lowest BCUT2D eigenvalue weighted by atomic mass is 9.84. The van der Waals surface area contributed by atoms with Gasteiger partial charge in [-0.05, 0) is 52.2 Å². The van der Waals surface area contributed by atoms with Gasteiger partial charge in [0.15, 0.2) is 0 Å². The maximum absolute atomic E-state index is 12.9. The van der Waals surface area contributed by atoms with E-state index in [-0.39, 0.29) is 0 Å². The van der Waals surface area contributed by atoms with Crippen LogP contribution < -0.4 is 10.0 Å². The van der Waals surface area contributed by atoms with Crippen LogP contribution in [0.4, 0.5) is 5.69 Å². The third-order valence-electron chi connectivity index (χ3n) is 4.92. The summed E-state index contributed by atoms with van der Waals surface area (Å²) in [5, 5.41) is 4.88. The summed E-state index contributed by atoms with van der Waals surface area (Å²) in [7, 11) is -3.44. The van der Waals surface area contributed by atoms with Gasteiger partial charge in [0, 0.05) is 29.4 Å². The molecule has 1 saturated carbocycles. The summed E-state index contributed by atoms with van der Waals surface area (Å²) in [5.74, 6) is 0. The smallest absolute Gasteiger partial charge is 0.219 e. The number of sulfonamides is 1. The van der Waals surface area contributed by atoms with Crippen LogP contribution >= 0.6 is 11.6 Å². The van der Waals surface area contributed by atoms with Crippen molar-refractivity contribution in [3.8, 4) is 0 Å². The van der Waals surface area contributed by atoms with E-state index < -0.39 is 20.3 Å². The van der Waals surface area contributed by atoms with Gasteiger partial charge in [-0.25, -0.2) is 13.1 Å². The van der Waals surface area contributed by atoms with E-state index in [9.17, 15) is 8.42 Å². The minimum absolute atomic E-state index is 0.364. The second-order valence-electron chi connectivity index (χ2n) is 8.20. The molecule has 0 saturated heterocycles. The van der Waals surface area contributed by atoms with E-state index >= 15 is 0 Å². The Morgan fingerprint density at radius 3 is 2.50 bits per heavy atom. The highest BCUT2D eigenvalue weighted by molar-refractivity contribution is 7.91. The highest BCUT2D eigenvalue weighted by Gasteiger charge is 2.49. The first kappa shape index (κ1) is 19.4. The van der Waals surface area contributed by atoms with Crippen molar-refractivity contribution in [1.82, 2.24) is 9.71 Å². The molecule has 7 heteroatoms. The zero-order chi connectivity index (χ0) is 19.2. The molecule has 26 heavy (non-hydrogen) atoms. The van der Waals surface area contributed by atoms with E-state index in [1.165, 1.54) is 0 Å². The quantitative estimate of drug-likeness (QED) is 0.793. The molecular weight excluding hydrogens is 370 g/mol. The average molecular weight is 396 g/mol. The number of hydrogen-bond acceptors (Lipinski definition) is 4. The molecule has 1 aliphatic carbocycles. The molecule has 0 bridgehead atoms. The minimum Gasteiger partial charge on any atom is -0.383 e. The van der Waals surface area contributed by atoms with Crippen molar-refractivity contribution in [3.05, 3.63) is 35.0 Å². The first-order chi connectivity index (χ1) is 12.0. The molecular formula is C19H26ClN3O2S. The third-order valence-corrected chi connectivity index (χ3v) is 7.97. The fourth-order valence-corrected chi connectivity index (χ4v) is 5.64. The zero-order valence-corrected chi connectivity index (χ0v) is 17.3. The van der Waals surface area contributed by atoms with Crippen molar-refractivity contribution in [2.75, 3.05) is 11.9 Å². The second-order valence-corrected chi connectivity index (χ2v) is 10.7. The van der Waals surface area contributed by atoms with Crippen LogP contribution in [0.2, 0.25) is 5.02 Å². The predicted octanol–water partition coefficient (Wildman–Crippen LogP) is 4.25. The molecule has 1 aromatic carbocycles. The first-order valence-electron chi connectivity index (χ1n) is 8.86. The van der Waals surface area contributed by atoms with Gasteiger partial charge < -0.3 is 5.32 Å². The Morgan fingerprint density at radius 2 is 1.92 bits per heavy atom. The SMILES string of the molecule is Cc1ccc2c(NCC3(S(=O)(=O)NC(C)(C)C)CCC3)ccnc2c1Cl. The summed E-state index contributed by atoms with van der Waals surface area (Å²) >= 11 is 6.38. The maximum atomic E-state index is 12.9. The molecule has 0 radical (unpaired) electrons. The summed E-state index contributed by atoms with van der Waals surface area (Å²) in [6, 6.07) is 5.79. The third kappa shape index (κ3) is 3.55. The Labute approximate surface area is 160 Å². The normalized spacial score (nSPS) is 17.1. The van der Waals surface area contributed by atoms with Crippen molar-refractivity contribution in [3.63, 3.8) is 0 Å². The van der Waals surface area contributed by atoms with Crippen molar-refractivity contribution in [1.29, 1.82) is 0 Å². The van der Waals surface area contributed by atoms with Gasteiger partial charge in [-0.1, -0.05) is 30.2 Å². The molecule has 1 heterocycles. The van der Waals surface area contributed by atoms with E-state index in [4.69, 9.17) is 11.6 Å². The lowest BCUT2D eigenvalue weighted by molar-refractivity contribution is 0.339. The Hall–Kier alpha value is -1.37. The van der Waals surface area contributed by atoms with Gasteiger partial charge in [0.2, 0.25) is 10.0 Å². The fourth-order valence-electron chi connectivity index (χ4n) is 3.32. The molecule has 2 N–H and O–H groups in total. The van der Waals surface area contributed by atoms with E-state index in [2.05, 4.69) is 15.0 Å². The van der Waals surface area contributed by atoms with E-state index in [0.717, 1.165) is 28.6 Å². The Bertz CT molecular complexity index is 932. The number of hydrogen-bond donors (Lipinski definition) is 2. The Kier molecular flexibility index (Phi) is 4.97. The van der Waals surface area contributed by atoms with Crippen LogP contribution in [-0.2, 0) is 10.0 Å². The summed E-state index contributed by atoms with van der Waals surface area (Å²) < 4.78 is 28.0.